The van der Waals surface area contributed by atoms with Crippen LogP contribution in [-0.2, 0) is 4.74 Å². The van der Waals surface area contributed by atoms with E-state index in [1.165, 1.54) is 0 Å². The molecule has 26 heavy (non-hydrogen) atoms. The zero-order valence-corrected chi connectivity index (χ0v) is 16.2. The minimum absolute atomic E-state index is 0.0677. The first-order valence-corrected chi connectivity index (χ1v) is 9.53. The molecule has 6 heteroatoms. The van der Waals surface area contributed by atoms with E-state index in [0.29, 0.717) is 15.7 Å². The fourth-order valence-corrected chi connectivity index (χ4v) is 3.68. The third-order valence-electron chi connectivity index (χ3n) is 4.42. The topological polar surface area (TPSA) is 41.6 Å². The van der Waals surface area contributed by atoms with Gasteiger partial charge in [-0.05, 0) is 42.8 Å². The number of rotatable bonds is 5. The minimum Gasteiger partial charge on any atom is -0.371 e. The second kappa shape index (κ2) is 8.87. The van der Waals surface area contributed by atoms with Crippen molar-refractivity contribution in [1.82, 2.24) is 4.90 Å². The number of morpholine rings is 1. The molecule has 0 saturated carbocycles. The highest BCUT2D eigenvalue weighted by Crippen LogP contribution is 2.27. The van der Waals surface area contributed by atoms with Crippen LogP contribution in [0, 0.1) is 0 Å². The number of carbonyl (C=O) groups is 1. The highest BCUT2D eigenvalue weighted by Gasteiger charge is 2.21. The molecule has 0 bridgehead atoms. The number of halogens is 2. The van der Waals surface area contributed by atoms with Crippen LogP contribution in [0.3, 0.4) is 0 Å². The van der Waals surface area contributed by atoms with Crippen molar-refractivity contribution < 1.29 is 9.53 Å². The molecule has 3 rings (SSSR count). The van der Waals surface area contributed by atoms with E-state index >= 15 is 0 Å². The van der Waals surface area contributed by atoms with E-state index in [2.05, 4.69) is 17.1 Å². The van der Waals surface area contributed by atoms with Crippen LogP contribution in [0.2, 0.25) is 10.0 Å². The second-order valence-corrected chi connectivity index (χ2v) is 7.15. The summed E-state index contributed by atoms with van der Waals surface area (Å²) in [7, 11) is 0. The molecule has 1 N–H and O–H groups in total. The Labute approximate surface area is 164 Å². The van der Waals surface area contributed by atoms with Gasteiger partial charge in [0.15, 0.2) is 0 Å². The Bertz CT molecular complexity index is 743. The summed E-state index contributed by atoms with van der Waals surface area (Å²) in [5.74, 6) is -0.323. The number of ether oxygens (including phenoxy) is 1. The van der Waals surface area contributed by atoms with Gasteiger partial charge >= 0.3 is 0 Å². The van der Waals surface area contributed by atoms with Gasteiger partial charge in [0, 0.05) is 18.8 Å². The second-order valence-electron chi connectivity index (χ2n) is 6.33. The Morgan fingerprint density at radius 1 is 1.19 bits per heavy atom. The Morgan fingerprint density at radius 3 is 2.54 bits per heavy atom. The first-order valence-electron chi connectivity index (χ1n) is 8.77. The average Bonchev–Trinajstić information content (AvgIpc) is 2.63. The summed E-state index contributed by atoms with van der Waals surface area (Å²) >= 11 is 12.2. The molecule has 138 valence electrons. The maximum atomic E-state index is 12.4. The minimum atomic E-state index is -0.323. The number of amides is 1. The van der Waals surface area contributed by atoms with Crippen molar-refractivity contribution >= 4 is 34.8 Å². The van der Waals surface area contributed by atoms with Gasteiger partial charge in [-0.1, -0.05) is 48.3 Å². The van der Waals surface area contributed by atoms with Gasteiger partial charge < -0.3 is 10.1 Å². The van der Waals surface area contributed by atoms with Crippen molar-refractivity contribution in [2.45, 2.75) is 19.4 Å². The SMILES string of the molecule is CCCN1CCOC(c2ccc(NC(=O)c3c(Cl)cccc3Cl)cc2)C1. The molecule has 0 aliphatic carbocycles. The van der Waals surface area contributed by atoms with Crippen molar-refractivity contribution in [3.05, 3.63) is 63.6 Å². The quantitative estimate of drug-likeness (QED) is 0.775. The van der Waals surface area contributed by atoms with Crippen LogP contribution in [0.1, 0.15) is 35.4 Å². The lowest BCUT2D eigenvalue weighted by Gasteiger charge is -2.33. The van der Waals surface area contributed by atoms with E-state index in [-0.39, 0.29) is 17.6 Å². The standard InChI is InChI=1S/C20H22Cl2N2O2/c1-2-10-24-11-12-26-18(13-24)14-6-8-15(9-7-14)23-20(25)19-16(21)4-3-5-17(19)22/h3-9,18H,2,10-13H2,1H3,(H,23,25). The van der Waals surface area contributed by atoms with E-state index in [1.807, 2.05) is 24.3 Å². The molecule has 1 saturated heterocycles. The zero-order chi connectivity index (χ0) is 18.5. The summed E-state index contributed by atoms with van der Waals surface area (Å²) in [6.07, 6.45) is 1.21. The van der Waals surface area contributed by atoms with Crippen LogP contribution in [-0.4, -0.2) is 37.0 Å². The molecule has 1 aliphatic heterocycles. The number of nitrogens with zero attached hydrogens (tertiary/aromatic N) is 1. The van der Waals surface area contributed by atoms with Crippen LogP contribution in [0.5, 0.6) is 0 Å². The van der Waals surface area contributed by atoms with E-state index in [0.717, 1.165) is 38.2 Å². The normalized spacial score (nSPS) is 17.9. The summed E-state index contributed by atoms with van der Waals surface area (Å²) < 4.78 is 5.90. The molecule has 1 atom stereocenters. The number of anilines is 1. The molecule has 2 aromatic rings. The number of benzene rings is 2. The van der Waals surface area contributed by atoms with Gasteiger partial charge in [0.2, 0.25) is 0 Å². The lowest BCUT2D eigenvalue weighted by atomic mass is 10.1. The third kappa shape index (κ3) is 4.57. The van der Waals surface area contributed by atoms with Crippen LogP contribution < -0.4 is 5.32 Å². The Morgan fingerprint density at radius 2 is 1.88 bits per heavy atom. The lowest BCUT2D eigenvalue weighted by Crippen LogP contribution is -2.38. The number of nitrogens with one attached hydrogen (secondary N) is 1. The Kier molecular flexibility index (Phi) is 6.54. The Hall–Kier alpha value is -1.59. The maximum absolute atomic E-state index is 12.4. The smallest absolute Gasteiger partial charge is 0.258 e. The molecule has 1 heterocycles. The largest absolute Gasteiger partial charge is 0.371 e. The summed E-state index contributed by atoms with van der Waals surface area (Å²) in [6.45, 7) is 5.90. The summed E-state index contributed by atoms with van der Waals surface area (Å²) in [4.78, 5) is 14.9. The molecule has 1 fully saturated rings. The predicted molar refractivity (Wildman–Crippen MR) is 106 cm³/mol. The first kappa shape index (κ1) is 19.2. The van der Waals surface area contributed by atoms with Gasteiger partial charge in [0.1, 0.15) is 0 Å². The van der Waals surface area contributed by atoms with E-state index in [4.69, 9.17) is 27.9 Å². The highest BCUT2D eigenvalue weighted by atomic mass is 35.5. The molecule has 1 amide bonds. The van der Waals surface area contributed by atoms with Crippen LogP contribution >= 0.6 is 23.2 Å². The van der Waals surface area contributed by atoms with Gasteiger partial charge in [-0.25, -0.2) is 0 Å². The molecule has 0 spiro atoms. The number of hydrogen-bond acceptors (Lipinski definition) is 3. The monoisotopic (exact) mass is 392 g/mol. The molecule has 0 radical (unpaired) electrons. The molecular weight excluding hydrogens is 371 g/mol. The summed E-state index contributed by atoms with van der Waals surface area (Å²) in [5, 5.41) is 3.50. The van der Waals surface area contributed by atoms with Crippen molar-refractivity contribution in [3.63, 3.8) is 0 Å². The van der Waals surface area contributed by atoms with Gasteiger partial charge in [-0.3, -0.25) is 9.69 Å². The zero-order valence-electron chi connectivity index (χ0n) is 14.7. The molecule has 0 aromatic heterocycles. The highest BCUT2D eigenvalue weighted by molar-refractivity contribution is 6.40. The van der Waals surface area contributed by atoms with Crippen molar-refractivity contribution in [3.8, 4) is 0 Å². The molecule has 4 nitrogen and oxygen atoms in total. The van der Waals surface area contributed by atoms with Crippen LogP contribution in [0.15, 0.2) is 42.5 Å². The average molecular weight is 393 g/mol. The van der Waals surface area contributed by atoms with Crippen molar-refractivity contribution in [2.24, 2.45) is 0 Å². The van der Waals surface area contributed by atoms with Crippen LogP contribution in [0.25, 0.3) is 0 Å². The fraction of sp³-hybridized carbons (Fsp3) is 0.350. The van der Waals surface area contributed by atoms with Crippen molar-refractivity contribution in [1.29, 1.82) is 0 Å². The van der Waals surface area contributed by atoms with E-state index in [9.17, 15) is 4.79 Å². The summed E-state index contributed by atoms with van der Waals surface area (Å²) in [6, 6.07) is 12.7. The maximum Gasteiger partial charge on any atom is 0.258 e. The molecule has 1 aliphatic rings. The molecule has 2 aromatic carbocycles. The third-order valence-corrected chi connectivity index (χ3v) is 5.05. The van der Waals surface area contributed by atoms with E-state index in [1.54, 1.807) is 18.2 Å². The lowest BCUT2D eigenvalue weighted by molar-refractivity contribution is -0.0298. The Balaban J connectivity index is 1.67. The van der Waals surface area contributed by atoms with Gasteiger partial charge in [-0.15, -0.1) is 0 Å². The molecule has 1 unspecified atom stereocenters. The van der Waals surface area contributed by atoms with Gasteiger partial charge in [0.25, 0.3) is 5.91 Å². The number of hydrogen-bond donors (Lipinski definition) is 1. The molecular formula is C20H22Cl2N2O2. The van der Waals surface area contributed by atoms with E-state index < -0.39 is 0 Å². The first-order chi connectivity index (χ1) is 12.6. The van der Waals surface area contributed by atoms with Crippen molar-refractivity contribution in [2.75, 3.05) is 31.6 Å². The van der Waals surface area contributed by atoms with Gasteiger partial charge in [-0.2, -0.15) is 0 Å². The van der Waals surface area contributed by atoms with Crippen LogP contribution in [0.4, 0.5) is 5.69 Å². The van der Waals surface area contributed by atoms with Gasteiger partial charge in [0.05, 0.1) is 28.3 Å². The predicted octanol–water partition coefficient (Wildman–Crippen LogP) is 5.03. The summed E-state index contributed by atoms with van der Waals surface area (Å²) in [5.41, 5.74) is 2.08. The number of carbonyl (C=O) groups excluding carboxylic acids is 1. The fourth-order valence-electron chi connectivity index (χ4n) is 3.11.